The molecule has 0 spiro atoms. The highest BCUT2D eigenvalue weighted by atomic mass is 16.5. The molecular weight excluding hydrogens is 544 g/mol. The molecule has 6 aromatic carbocycles. The minimum absolute atomic E-state index is 0.260. The lowest BCUT2D eigenvalue weighted by atomic mass is 9.84. The van der Waals surface area contributed by atoms with E-state index in [4.69, 9.17) is 9.47 Å². The molecular formula is C40H38O4. The molecule has 44 heavy (non-hydrogen) atoms. The van der Waals surface area contributed by atoms with E-state index in [2.05, 4.69) is 62.4 Å². The summed E-state index contributed by atoms with van der Waals surface area (Å²) in [5.74, 6) is 0.680. The van der Waals surface area contributed by atoms with Crippen LogP contribution in [0.5, 0.6) is 11.5 Å². The Labute approximate surface area is 258 Å². The van der Waals surface area contributed by atoms with Crippen LogP contribution in [0.3, 0.4) is 0 Å². The number of esters is 2. The van der Waals surface area contributed by atoms with Gasteiger partial charge >= 0.3 is 11.9 Å². The van der Waals surface area contributed by atoms with Gasteiger partial charge < -0.3 is 9.47 Å². The van der Waals surface area contributed by atoms with Crippen molar-refractivity contribution >= 4 is 55.0 Å². The number of carbonyl (C=O) groups excluding carboxylic acids is 2. The van der Waals surface area contributed by atoms with Gasteiger partial charge in [0.2, 0.25) is 0 Å². The second kappa shape index (κ2) is 12.5. The van der Waals surface area contributed by atoms with E-state index in [-0.39, 0.29) is 11.9 Å². The van der Waals surface area contributed by atoms with Crippen LogP contribution in [0.2, 0.25) is 0 Å². The zero-order chi connectivity index (χ0) is 30.8. The van der Waals surface area contributed by atoms with Crippen LogP contribution >= 0.6 is 0 Å². The first-order chi connectivity index (χ1) is 21.5. The van der Waals surface area contributed by atoms with Crippen molar-refractivity contribution in [2.45, 2.75) is 66.2 Å². The molecule has 0 aromatic heterocycles. The van der Waals surface area contributed by atoms with Crippen LogP contribution in [-0.4, -0.2) is 11.9 Å². The maximum absolute atomic E-state index is 12.7. The number of benzene rings is 6. The number of ether oxygens (including phenoxy) is 2. The summed E-state index contributed by atoms with van der Waals surface area (Å²) in [7, 11) is 0. The molecule has 0 atom stereocenters. The molecule has 0 saturated carbocycles. The number of aryl methyl sites for hydroxylation is 2. The lowest BCUT2D eigenvalue weighted by Crippen LogP contribution is -2.07. The van der Waals surface area contributed by atoms with Crippen LogP contribution in [0.15, 0.2) is 84.9 Å². The minimum Gasteiger partial charge on any atom is -0.425 e. The fraction of sp³-hybridized carbons (Fsp3) is 0.250. The van der Waals surface area contributed by atoms with Crippen LogP contribution in [0.25, 0.3) is 54.2 Å². The van der Waals surface area contributed by atoms with Crippen LogP contribution in [-0.2, 0) is 22.4 Å². The van der Waals surface area contributed by atoms with Gasteiger partial charge in [0.05, 0.1) is 0 Å². The Morgan fingerprint density at radius 1 is 0.477 bits per heavy atom. The number of hydrogen-bond acceptors (Lipinski definition) is 4. The average Bonchev–Trinajstić information content (AvgIpc) is 3.05. The third-order valence-corrected chi connectivity index (χ3v) is 8.41. The van der Waals surface area contributed by atoms with Gasteiger partial charge in [-0.1, -0.05) is 125 Å². The summed E-state index contributed by atoms with van der Waals surface area (Å²) >= 11 is 0. The summed E-state index contributed by atoms with van der Waals surface area (Å²) in [5, 5.41) is 7.70. The molecule has 0 aliphatic carbocycles. The zero-order valence-electron chi connectivity index (χ0n) is 26.0. The maximum atomic E-state index is 12.7. The number of hydrogen-bond donors (Lipinski definition) is 0. The fourth-order valence-electron chi connectivity index (χ4n) is 6.39. The first-order valence-electron chi connectivity index (χ1n) is 15.8. The topological polar surface area (TPSA) is 52.6 Å². The van der Waals surface area contributed by atoms with E-state index < -0.39 is 0 Å². The molecule has 0 amide bonds. The van der Waals surface area contributed by atoms with E-state index in [1.165, 1.54) is 11.1 Å². The van der Waals surface area contributed by atoms with Gasteiger partial charge in [0.25, 0.3) is 0 Å². The summed E-state index contributed by atoms with van der Waals surface area (Å²) in [5.41, 5.74) is 4.65. The molecule has 0 N–H and O–H groups in total. The Morgan fingerprint density at radius 2 is 0.841 bits per heavy atom. The first kappa shape index (κ1) is 29.4. The van der Waals surface area contributed by atoms with Gasteiger partial charge in [-0.3, -0.25) is 9.59 Å². The molecule has 6 rings (SSSR count). The molecule has 0 aliphatic rings. The van der Waals surface area contributed by atoms with Crippen molar-refractivity contribution in [3.8, 4) is 22.6 Å². The molecule has 4 heteroatoms. The van der Waals surface area contributed by atoms with Crippen LogP contribution < -0.4 is 9.47 Å². The van der Waals surface area contributed by atoms with Crippen molar-refractivity contribution in [2.75, 3.05) is 0 Å². The third-order valence-electron chi connectivity index (χ3n) is 8.41. The molecule has 6 aromatic rings. The summed E-state index contributed by atoms with van der Waals surface area (Å²) in [4.78, 5) is 25.5. The zero-order valence-corrected chi connectivity index (χ0v) is 26.0. The van der Waals surface area contributed by atoms with Gasteiger partial charge in [-0.15, -0.1) is 0 Å². The van der Waals surface area contributed by atoms with E-state index in [9.17, 15) is 9.59 Å². The second-order valence-corrected chi connectivity index (χ2v) is 11.4. The molecule has 0 fully saturated rings. The monoisotopic (exact) mass is 582 g/mol. The highest BCUT2D eigenvalue weighted by molar-refractivity contribution is 6.27. The van der Waals surface area contributed by atoms with Crippen molar-refractivity contribution in [2.24, 2.45) is 0 Å². The molecule has 0 saturated heterocycles. The van der Waals surface area contributed by atoms with Gasteiger partial charge in [0.1, 0.15) is 11.5 Å². The van der Waals surface area contributed by atoms with Crippen LogP contribution in [0, 0.1) is 0 Å². The number of rotatable bonds is 9. The Kier molecular flexibility index (Phi) is 8.34. The van der Waals surface area contributed by atoms with E-state index >= 15 is 0 Å². The fourth-order valence-corrected chi connectivity index (χ4v) is 6.39. The van der Waals surface area contributed by atoms with Crippen molar-refractivity contribution in [1.82, 2.24) is 0 Å². The van der Waals surface area contributed by atoms with E-state index in [1.807, 2.05) is 50.2 Å². The van der Waals surface area contributed by atoms with Gasteiger partial charge in [-0.25, -0.2) is 0 Å². The highest BCUT2D eigenvalue weighted by Gasteiger charge is 2.24. The summed E-state index contributed by atoms with van der Waals surface area (Å²) in [6.07, 6.45) is 4.52. The summed E-state index contributed by atoms with van der Waals surface area (Å²) in [6, 6.07) is 29.5. The Morgan fingerprint density at radius 3 is 1.20 bits per heavy atom. The quantitative estimate of drug-likeness (QED) is 0.0967. The van der Waals surface area contributed by atoms with Gasteiger partial charge in [-0.2, -0.15) is 0 Å². The Hall–Kier alpha value is -4.70. The second-order valence-electron chi connectivity index (χ2n) is 11.4. The molecule has 0 bridgehead atoms. The lowest BCUT2D eigenvalue weighted by molar-refractivity contribution is -0.134. The van der Waals surface area contributed by atoms with Crippen LogP contribution in [0.4, 0.5) is 0 Å². The number of fused-ring (bicyclic) bond motifs is 4. The Bertz CT molecular complexity index is 1900. The standard InChI is InChI=1S/C40H38O4/c1-5-13-25-19-21-31-33(23-25)37(27-15-9-11-17-29(27)39(31)43-35(41)7-3)38-28-16-10-12-18-30(28)40(44-36(42)8-4)32-22-20-26(14-6-2)24-34(32)38/h9-12,15-24H,5-8,13-14H2,1-4H3. The summed E-state index contributed by atoms with van der Waals surface area (Å²) < 4.78 is 12.2. The lowest BCUT2D eigenvalue weighted by Gasteiger charge is -2.22. The van der Waals surface area contributed by atoms with Gasteiger partial charge in [-0.05, 0) is 56.6 Å². The summed E-state index contributed by atoms with van der Waals surface area (Å²) in [6.45, 7) is 8.01. The molecule has 222 valence electrons. The normalized spacial score (nSPS) is 11.5. The Balaban J connectivity index is 1.85. The smallest absolute Gasteiger partial charge is 0.310 e. The van der Waals surface area contributed by atoms with Crippen molar-refractivity contribution < 1.29 is 19.1 Å². The molecule has 0 heterocycles. The van der Waals surface area contributed by atoms with E-state index in [0.29, 0.717) is 24.3 Å². The highest BCUT2D eigenvalue weighted by Crippen LogP contribution is 2.50. The van der Waals surface area contributed by atoms with Gasteiger partial charge in [0, 0.05) is 34.4 Å². The molecule has 0 radical (unpaired) electrons. The largest absolute Gasteiger partial charge is 0.425 e. The maximum Gasteiger partial charge on any atom is 0.310 e. The third kappa shape index (κ3) is 5.19. The van der Waals surface area contributed by atoms with Crippen molar-refractivity contribution in [3.05, 3.63) is 96.1 Å². The predicted molar refractivity (Wildman–Crippen MR) is 182 cm³/mol. The van der Waals surface area contributed by atoms with Crippen LogP contribution in [0.1, 0.15) is 64.5 Å². The van der Waals surface area contributed by atoms with E-state index in [0.717, 1.165) is 79.9 Å². The minimum atomic E-state index is -0.260. The molecule has 4 nitrogen and oxygen atoms in total. The molecule has 0 aliphatic heterocycles. The molecule has 0 unspecified atom stereocenters. The number of carbonyl (C=O) groups is 2. The van der Waals surface area contributed by atoms with Gasteiger partial charge in [0.15, 0.2) is 0 Å². The van der Waals surface area contributed by atoms with Crippen molar-refractivity contribution in [3.63, 3.8) is 0 Å². The first-order valence-corrected chi connectivity index (χ1v) is 15.8. The average molecular weight is 583 g/mol. The predicted octanol–water partition coefficient (Wildman–Crippen LogP) is 10.5. The van der Waals surface area contributed by atoms with Crippen molar-refractivity contribution in [1.29, 1.82) is 0 Å². The SMILES string of the molecule is CCCc1ccc2c(OC(=O)CC)c3ccccc3c(-c3c4ccccc4c(OC(=O)CC)c4ccc(CCC)cc34)c2c1. The van der Waals surface area contributed by atoms with E-state index in [1.54, 1.807) is 0 Å².